The van der Waals surface area contributed by atoms with Gasteiger partial charge in [0.15, 0.2) is 0 Å². The molecule has 4 amide bonds. The summed E-state index contributed by atoms with van der Waals surface area (Å²) >= 11 is 0. The lowest BCUT2D eigenvalue weighted by Crippen LogP contribution is -2.48. The average molecular weight is 309 g/mol. The van der Waals surface area contributed by atoms with Crippen molar-refractivity contribution in [3.05, 3.63) is 0 Å². The van der Waals surface area contributed by atoms with Crippen LogP contribution in [0, 0.1) is 5.92 Å². The molecule has 1 atom stereocenters. The fourth-order valence-corrected chi connectivity index (χ4v) is 3.40. The molecule has 0 bridgehead atoms. The first-order valence-electron chi connectivity index (χ1n) is 8.37. The van der Waals surface area contributed by atoms with Gasteiger partial charge in [-0.1, -0.05) is 33.1 Å². The summed E-state index contributed by atoms with van der Waals surface area (Å²) in [5.74, 6) is -0.382. The number of hydrogen-bond donors (Lipinski definition) is 1. The summed E-state index contributed by atoms with van der Waals surface area (Å²) in [7, 11) is 0. The van der Waals surface area contributed by atoms with Gasteiger partial charge >= 0.3 is 6.03 Å². The van der Waals surface area contributed by atoms with E-state index in [-0.39, 0.29) is 30.3 Å². The molecule has 6 heteroatoms. The fraction of sp³-hybridized carbons (Fsp3) is 0.812. The number of carbonyl (C=O) groups is 3. The van der Waals surface area contributed by atoms with Crippen LogP contribution in [0.1, 0.15) is 52.9 Å². The average Bonchev–Trinajstić information content (AvgIpc) is 2.77. The molecule has 0 aromatic carbocycles. The molecule has 1 unspecified atom stereocenters. The Morgan fingerprint density at radius 1 is 1.27 bits per heavy atom. The van der Waals surface area contributed by atoms with Crippen LogP contribution in [0.4, 0.5) is 4.79 Å². The van der Waals surface area contributed by atoms with Crippen LogP contribution >= 0.6 is 0 Å². The van der Waals surface area contributed by atoms with Gasteiger partial charge in [-0.15, -0.1) is 0 Å². The number of imide groups is 1. The van der Waals surface area contributed by atoms with Crippen LogP contribution in [0.5, 0.6) is 0 Å². The van der Waals surface area contributed by atoms with E-state index in [1.165, 1.54) is 6.42 Å². The molecule has 0 aromatic heterocycles. The highest BCUT2D eigenvalue weighted by Gasteiger charge is 2.41. The largest absolute Gasteiger partial charge is 0.338 e. The van der Waals surface area contributed by atoms with E-state index in [2.05, 4.69) is 5.32 Å². The number of carbonyl (C=O) groups excluding carboxylic acids is 3. The minimum atomic E-state index is -0.509. The summed E-state index contributed by atoms with van der Waals surface area (Å²) in [5, 5.41) is 2.66. The van der Waals surface area contributed by atoms with Gasteiger partial charge in [0.05, 0.1) is 0 Å². The van der Waals surface area contributed by atoms with Gasteiger partial charge in [-0.3, -0.25) is 14.5 Å². The number of amides is 4. The molecule has 0 radical (unpaired) electrons. The highest BCUT2D eigenvalue weighted by molar-refractivity contribution is 6.06. The number of nitrogens with one attached hydrogen (secondary N) is 1. The second-order valence-electron chi connectivity index (χ2n) is 6.57. The molecule has 2 rings (SSSR count). The molecule has 1 saturated heterocycles. The number of hydrogen-bond acceptors (Lipinski definition) is 3. The van der Waals surface area contributed by atoms with Crippen LogP contribution in [0.15, 0.2) is 0 Å². The van der Waals surface area contributed by atoms with E-state index < -0.39 is 12.1 Å². The predicted molar refractivity (Wildman–Crippen MR) is 83.1 cm³/mol. The van der Waals surface area contributed by atoms with Crippen LogP contribution in [-0.2, 0) is 9.59 Å². The first-order chi connectivity index (χ1) is 10.5. The summed E-state index contributed by atoms with van der Waals surface area (Å²) in [5.41, 5.74) is 0. The molecular weight excluding hydrogens is 282 g/mol. The SMILES string of the molecule is CCN(C(=O)CN1C(=O)NC(C(C)C)C1=O)C1CCCCC1. The van der Waals surface area contributed by atoms with Gasteiger partial charge in [-0.2, -0.15) is 0 Å². The lowest BCUT2D eigenvalue weighted by Gasteiger charge is -2.34. The van der Waals surface area contributed by atoms with Crippen LogP contribution in [0.3, 0.4) is 0 Å². The second-order valence-corrected chi connectivity index (χ2v) is 6.57. The topological polar surface area (TPSA) is 69.7 Å². The second kappa shape index (κ2) is 7.11. The summed E-state index contributed by atoms with van der Waals surface area (Å²) in [6, 6.07) is -0.699. The van der Waals surface area contributed by atoms with Crippen molar-refractivity contribution in [1.82, 2.24) is 15.1 Å². The van der Waals surface area contributed by atoms with Gasteiger partial charge in [0.2, 0.25) is 5.91 Å². The molecule has 1 aliphatic heterocycles. The van der Waals surface area contributed by atoms with Crippen LogP contribution in [0.25, 0.3) is 0 Å². The van der Waals surface area contributed by atoms with Gasteiger partial charge in [-0.05, 0) is 25.7 Å². The van der Waals surface area contributed by atoms with Crippen molar-refractivity contribution in [2.45, 2.75) is 65.0 Å². The predicted octanol–water partition coefficient (Wildman–Crippen LogP) is 1.74. The zero-order valence-corrected chi connectivity index (χ0v) is 13.8. The van der Waals surface area contributed by atoms with Gasteiger partial charge in [-0.25, -0.2) is 4.79 Å². The van der Waals surface area contributed by atoms with Crippen molar-refractivity contribution in [1.29, 1.82) is 0 Å². The van der Waals surface area contributed by atoms with Crippen molar-refractivity contribution in [2.24, 2.45) is 5.92 Å². The number of rotatable bonds is 5. The van der Waals surface area contributed by atoms with Crippen molar-refractivity contribution < 1.29 is 14.4 Å². The van der Waals surface area contributed by atoms with Gasteiger partial charge in [0.25, 0.3) is 5.91 Å². The van der Waals surface area contributed by atoms with E-state index in [9.17, 15) is 14.4 Å². The molecule has 0 aromatic rings. The Morgan fingerprint density at radius 2 is 1.91 bits per heavy atom. The molecule has 2 aliphatic rings. The Kier molecular flexibility index (Phi) is 5.42. The molecule has 124 valence electrons. The minimum Gasteiger partial charge on any atom is -0.338 e. The van der Waals surface area contributed by atoms with Crippen molar-refractivity contribution in [2.75, 3.05) is 13.1 Å². The molecule has 1 saturated carbocycles. The van der Waals surface area contributed by atoms with E-state index in [4.69, 9.17) is 0 Å². The van der Waals surface area contributed by atoms with E-state index in [1.54, 1.807) is 0 Å². The summed E-state index contributed by atoms with van der Waals surface area (Å²) in [6.45, 7) is 6.21. The first-order valence-corrected chi connectivity index (χ1v) is 8.37. The van der Waals surface area contributed by atoms with Crippen molar-refractivity contribution in [3.8, 4) is 0 Å². The Balaban J connectivity index is 2.00. The Morgan fingerprint density at radius 3 is 2.41 bits per heavy atom. The molecule has 1 N–H and O–H groups in total. The highest BCUT2D eigenvalue weighted by Crippen LogP contribution is 2.23. The maximum atomic E-state index is 12.5. The Hall–Kier alpha value is -1.59. The monoisotopic (exact) mass is 309 g/mol. The number of nitrogens with zero attached hydrogens (tertiary/aromatic N) is 2. The zero-order valence-electron chi connectivity index (χ0n) is 13.8. The van der Waals surface area contributed by atoms with E-state index in [1.807, 2.05) is 25.7 Å². The van der Waals surface area contributed by atoms with Crippen LogP contribution < -0.4 is 5.32 Å². The maximum Gasteiger partial charge on any atom is 0.325 e. The van der Waals surface area contributed by atoms with E-state index in [0.717, 1.165) is 30.6 Å². The molecule has 22 heavy (non-hydrogen) atoms. The fourth-order valence-electron chi connectivity index (χ4n) is 3.40. The molecule has 2 fully saturated rings. The smallest absolute Gasteiger partial charge is 0.325 e. The van der Waals surface area contributed by atoms with Crippen LogP contribution in [-0.4, -0.2) is 52.8 Å². The van der Waals surface area contributed by atoms with Gasteiger partial charge in [0.1, 0.15) is 12.6 Å². The van der Waals surface area contributed by atoms with E-state index in [0.29, 0.717) is 6.54 Å². The first kappa shape index (κ1) is 16.8. The lowest BCUT2D eigenvalue weighted by atomic mass is 9.94. The summed E-state index contributed by atoms with van der Waals surface area (Å²) in [4.78, 5) is 39.7. The van der Waals surface area contributed by atoms with Crippen LogP contribution in [0.2, 0.25) is 0 Å². The number of likely N-dealkylation sites (N-methyl/N-ethyl adjacent to an activating group) is 1. The number of urea groups is 1. The van der Waals surface area contributed by atoms with Gasteiger partial charge in [0, 0.05) is 12.6 Å². The molecule has 0 spiro atoms. The summed E-state index contributed by atoms with van der Waals surface area (Å²) < 4.78 is 0. The minimum absolute atomic E-state index is 0.0252. The third-order valence-electron chi connectivity index (χ3n) is 4.69. The quantitative estimate of drug-likeness (QED) is 0.787. The van der Waals surface area contributed by atoms with E-state index >= 15 is 0 Å². The maximum absolute atomic E-state index is 12.5. The molecule has 1 heterocycles. The highest BCUT2D eigenvalue weighted by atomic mass is 16.2. The Labute approximate surface area is 132 Å². The standard InChI is InChI=1S/C16H27N3O3/c1-4-18(12-8-6-5-7-9-12)13(20)10-19-15(21)14(11(2)3)17-16(19)22/h11-12,14H,4-10H2,1-3H3,(H,17,22). The van der Waals surface area contributed by atoms with Crippen molar-refractivity contribution in [3.63, 3.8) is 0 Å². The van der Waals surface area contributed by atoms with Gasteiger partial charge < -0.3 is 10.2 Å². The zero-order chi connectivity index (χ0) is 16.3. The normalized spacial score (nSPS) is 23.1. The molecular formula is C16H27N3O3. The third kappa shape index (κ3) is 3.42. The third-order valence-corrected chi connectivity index (χ3v) is 4.69. The lowest BCUT2D eigenvalue weighted by molar-refractivity contribution is -0.139. The molecule has 1 aliphatic carbocycles. The Bertz CT molecular complexity index is 444. The van der Waals surface area contributed by atoms with Crippen molar-refractivity contribution >= 4 is 17.8 Å². The summed E-state index contributed by atoms with van der Waals surface area (Å²) in [6.07, 6.45) is 5.56. The molecule has 6 nitrogen and oxygen atoms in total.